The number of ether oxygens (including phenoxy) is 1. The third-order valence-electron chi connectivity index (χ3n) is 3.87. The van der Waals surface area contributed by atoms with Gasteiger partial charge in [-0.15, -0.1) is 0 Å². The maximum Gasteiger partial charge on any atom is 0.261 e. The Morgan fingerprint density at radius 1 is 1.43 bits per heavy atom. The second kappa shape index (κ2) is 6.11. The maximum absolute atomic E-state index is 12.8. The first-order valence-electron chi connectivity index (χ1n) is 6.94. The molecule has 1 unspecified atom stereocenters. The van der Waals surface area contributed by atoms with Crippen LogP contribution in [0.2, 0.25) is 0 Å². The SMILES string of the molecule is CCC1(C)C(=O)NCCN1C(=O)COc1ccc(F)cc1. The molecule has 1 atom stereocenters. The van der Waals surface area contributed by atoms with Gasteiger partial charge in [-0.05, 0) is 37.6 Å². The van der Waals surface area contributed by atoms with Gasteiger partial charge < -0.3 is 15.0 Å². The number of benzene rings is 1. The van der Waals surface area contributed by atoms with Gasteiger partial charge in [0.15, 0.2) is 6.61 Å². The number of rotatable bonds is 4. The lowest BCUT2D eigenvalue weighted by molar-refractivity contribution is -0.152. The first-order chi connectivity index (χ1) is 9.97. The molecule has 1 saturated heterocycles. The van der Waals surface area contributed by atoms with Crippen LogP contribution in [0.15, 0.2) is 24.3 Å². The highest BCUT2D eigenvalue weighted by molar-refractivity contribution is 5.92. The summed E-state index contributed by atoms with van der Waals surface area (Å²) in [6, 6.07) is 5.46. The molecule has 2 amide bonds. The van der Waals surface area contributed by atoms with E-state index in [-0.39, 0.29) is 24.2 Å². The highest BCUT2D eigenvalue weighted by atomic mass is 19.1. The molecular formula is C15H19FN2O3. The lowest BCUT2D eigenvalue weighted by atomic mass is 9.93. The Kier molecular flexibility index (Phi) is 4.45. The van der Waals surface area contributed by atoms with Gasteiger partial charge in [0.25, 0.3) is 5.91 Å². The van der Waals surface area contributed by atoms with Crippen molar-refractivity contribution in [1.82, 2.24) is 10.2 Å². The zero-order valence-corrected chi connectivity index (χ0v) is 12.2. The summed E-state index contributed by atoms with van der Waals surface area (Å²) in [4.78, 5) is 25.8. The summed E-state index contributed by atoms with van der Waals surface area (Å²) in [6.07, 6.45) is 0.529. The number of carbonyl (C=O) groups excluding carboxylic acids is 2. The standard InChI is InChI=1S/C15H19FN2O3/c1-3-15(2)14(20)17-8-9-18(15)13(19)10-21-12-6-4-11(16)5-7-12/h4-7H,3,8-10H2,1-2H3,(H,17,20). The van der Waals surface area contributed by atoms with Crippen LogP contribution in [0.25, 0.3) is 0 Å². The van der Waals surface area contributed by atoms with Gasteiger partial charge in [0, 0.05) is 13.1 Å². The van der Waals surface area contributed by atoms with Gasteiger partial charge in [-0.3, -0.25) is 9.59 Å². The predicted octanol–water partition coefficient (Wildman–Crippen LogP) is 1.33. The summed E-state index contributed by atoms with van der Waals surface area (Å²) in [6.45, 7) is 4.34. The molecular weight excluding hydrogens is 275 g/mol. The Hall–Kier alpha value is -2.11. The molecule has 1 aliphatic heterocycles. The molecule has 21 heavy (non-hydrogen) atoms. The smallest absolute Gasteiger partial charge is 0.261 e. The Bertz CT molecular complexity index is 532. The van der Waals surface area contributed by atoms with E-state index in [9.17, 15) is 14.0 Å². The van der Waals surface area contributed by atoms with Gasteiger partial charge in [-0.1, -0.05) is 6.92 Å². The molecule has 0 saturated carbocycles. The normalized spacial score (nSPS) is 21.9. The van der Waals surface area contributed by atoms with Crippen molar-refractivity contribution in [2.24, 2.45) is 0 Å². The molecule has 114 valence electrons. The molecule has 0 radical (unpaired) electrons. The quantitative estimate of drug-likeness (QED) is 0.911. The van der Waals surface area contributed by atoms with Crippen molar-refractivity contribution in [3.8, 4) is 5.75 Å². The number of amides is 2. The van der Waals surface area contributed by atoms with E-state index in [1.807, 2.05) is 6.92 Å². The van der Waals surface area contributed by atoms with Crippen LogP contribution in [0, 0.1) is 5.82 Å². The average Bonchev–Trinajstić information content (AvgIpc) is 2.49. The minimum Gasteiger partial charge on any atom is -0.484 e. The molecule has 2 rings (SSSR count). The fraction of sp³-hybridized carbons (Fsp3) is 0.467. The molecule has 1 heterocycles. The number of nitrogens with zero attached hydrogens (tertiary/aromatic N) is 1. The lowest BCUT2D eigenvalue weighted by Gasteiger charge is -2.43. The third kappa shape index (κ3) is 3.15. The second-order valence-corrected chi connectivity index (χ2v) is 5.17. The van der Waals surface area contributed by atoms with Gasteiger partial charge in [0.2, 0.25) is 5.91 Å². The largest absolute Gasteiger partial charge is 0.484 e. The van der Waals surface area contributed by atoms with Crippen LogP contribution in [-0.4, -0.2) is 41.9 Å². The first kappa shape index (κ1) is 15.3. The van der Waals surface area contributed by atoms with Crippen molar-refractivity contribution in [3.63, 3.8) is 0 Å². The summed E-state index contributed by atoms with van der Waals surface area (Å²) >= 11 is 0. The number of halogens is 1. The number of hydrogen-bond donors (Lipinski definition) is 1. The number of nitrogens with one attached hydrogen (secondary N) is 1. The van der Waals surface area contributed by atoms with Gasteiger partial charge in [0.1, 0.15) is 17.1 Å². The van der Waals surface area contributed by atoms with Crippen LogP contribution in [-0.2, 0) is 9.59 Å². The molecule has 1 aliphatic rings. The van der Waals surface area contributed by atoms with Crippen molar-refractivity contribution in [2.75, 3.05) is 19.7 Å². The van der Waals surface area contributed by atoms with E-state index in [0.29, 0.717) is 25.3 Å². The second-order valence-electron chi connectivity index (χ2n) is 5.17. The van der Waals surface area contributed by atoms with Crippen LogP contribution in [0.5, 0.6) is 5.75 Å². The van der Waals surface area contributed by atoms with E-state index >= 15 is 0 Å². The summed E-state index contributed by atoms with van der Waals surface area (Å²) in [5, 5.41) is 2.77. The van der Waals surface area contributed by atoms with Gasteiger partial charge in [-0.25, -0.2) is 4.39 Å². The summed E-state index contributed by atoms with van der Waals surface area (Å²) < 4.78 is 18.2. The molecule has 1 N–H and O–H groups in total. The molecule has 0 aliphatic carbocycles. The average molecular weight is 294 g/mol. The molecule has 1 fully saturated rings. The number of carbonyl (C=O) groups is 2. The maximum atomic E-state index is 12.8. The Balaban J connectivity index is 2.01. The van der Waals surface area contributed by atoms with Gasteiger partial charge in [0.05, 0.1) is 0 Å². The Morgan fingerprint density at radius 2 is 2.10 bits per heavy atom. The van der Waals surface area contributed by atoms with Crippen LogP contribution >= 0.6 is 0 Å². The fourth-order valence-electron chi connectivity index (χ4n) is 2.35. The zero-order chi connectivity index (χ0) is 15.5. The molecule has 0 spiro atoms. The molecule has 6 heteroatoms. The van der Waals surface area contributed by atoms with Crippen LogP contribution in [0.4, 0.5) is 4.39 Å². The molecule has 1 aromatic rings. The Labute approximate surface area is 123 Å². The Morgan fingerprint density at radius 3 is 2.71 bits per heavy atom. The van der Waals surface area contributed by atoms with Crippen LogP contribution < -0.4 is 10.1 Å². The topological polar surface area (TPSA) is 58.6 Å². The van der Waals surface area contributed by atoms with E-state index in [1.165, 1.54) is 24.3 Å². The highest BCUT2D eigenvalue weighted by Crippen LogP contribution is 2.22. The van der Waals surface area contributed by atoms with E-state index in [2.05, 4.69) is 5.32 Å². The number of piperazine rings is 1. The molecule has 5 nitrogen and oxygen atoms in total. The van der Waals surface area contributed by atoms with Crippen molar-refractivity contribution in [1.29, 1.82) is 0 Å². The van der Waals surface area contributed by atoms with Crippen molar-refractivity contribution < 1.29 is 18.7 Å². The van der Waals surface area contributed by atoms with E-state index in [1.54, 1.807) is 11.8 Å². The zero-order valence-electron chi connectivity index (χ0n) is 12.2. The third-order valence-corrected chi connectivity index (χ3v) is 3.87. The first-order valence-corrected chi connectivity index (χ1v) is 6.94. The predicted molar refractivity (Wildman–Crippen MR) is 75.3 cm³/mol. The van der Waals surface area contributed by atoms with Gasteiger partial charge in [-0.2, -0.15) is 0 Å². The molecule has 1 aromatic carbocycles. The summed E-state index contributed by atoms with van der Waals surface area (Å²) in [7, 11) is 0. The van der Waals surface area contributed by atoms with E-state index in [0.717, 1.165) is 0 Å². The van der Waals surface area contributed by atoms with E-state index in [4.69, 9.17) is 4.74 Å². The van der Waals surface area contributed by atoms with Crippen molar-refractivity contribution in [2.45, 2.75) is 25.8 Å². The van der Waals surface area contributed by atoms with Gasteiger partial charge >= 0.3 is 0 Å². The lowest BCUT2D eigenvalue weighted by Crippen LogP contribution is -2.65. The number of hydrogen-bond acceptors (Lipinski definition) is 3. The molecule has 0 aromatic heterocycles. The highest BCUT2D eigenvalue weighted by Gasteiger charge is 2.42. The summed E-state index contributed by atoms with van der Waals surface area (Å²) in [5.74, 6) is -0.339. The monoisotopic (exact) mass is 294 g/mol. The van der Waals surface area contributed by atoms with Crippen LogP contribution in [0.3, 0.4) is 0 Å². The van der Waals surface area contributed by atoms with Crippen molar-refractivity contribution in [3.05, 3.63) is 30.1 Å². The summed E-state index contributed by atoms with van der Waals surface area (Å²) in [5.41, 5.74) is -0.846. The van der Waals surface area contributed by atoms with E-state index < -0.39 is 5.54 Å². The van der Waals surface area contributed by atoms with Crippen molar-refractivity contribution >= 4 is 11.8 Å². The molecule has 0 bridgehead atoms. The fourth-order valence-corrected chi connectivity index (χ4v) is 2.35. The van der Waals surface area contributed by atoms with Crippen LogP contribution in [0.1, 0.15) is 20.3 Å². The minimum atomic E-state index is -0.846. The minimum absolute atomic E-state index is 0.147.